The summed E-state index contributed by atoms with van der Waals surface area (Å²) in [6.07, 6.45) is 1.65. The Morgan fingerprint density at radius 1 is 1.22 bits per heavy atom. The van der Waals surface area contributed by atoms with Crippen LogP contribution in [-0.4, -0.2) is 32.9 Å². The number of aryl methyl sites for hydroxylation is 1. The van der Waals surface area contributed by atoms with Gasteiger partial charge in [0.2, 0.25) is 5.91 Å². The molecule has 2 N–H and O–H groups in total. The molecule has 1 heterocycles. The molecule has 0 atom stereocenters. The monoisotopic (exact) mass is 374 g/mol. The van der Waals surface area contributed by atoms with E-state index in [-0.39, 0.29) is 5.91 Å². The minimum Gasteiger partial charge on any atom is -0.444 e. The Morgan fingerprint density at radius 3 is 2.33 bits per heavy atom. The van der Waals surface area contributed by atoms with Gasteiger partial charge in [-0.2, -0.15) is 5.10 Å². The molecule has 1 aromatic carbocycles. The van der Waals surface area contributed by atoms with Crippen molar-refractivity contribution in [3.63, 3.8) is 0 Å². The number of ether oxygens (including phenoxy) is 1. The van der Waals surface area contributed by atoms with E-state index in [1.807, 2.05) is 0 Å². The summed E-state index contributed by atoms with van der Waals surface area (Å²) < 4.78 is 20.5. The van der Waals surface area contributed by atoms with Gasteiger partial charge in [-0.1, -0.05) is 12.1 Å². The highest BCUT2D eigenvalue weighted by Gasteiger charge is 2.52. The van der Waals surface area contributed by atoms with Crippen molar-refractivity contribution < 1.29 is 18.7 Å². The molecular formula is C19H23FN4O3. The van der Waals surface area contributed by atoms with Crippen LogP contribution in [0.4, 0.5) is 14.9 Å². The first kappa shape index (κ1) is 18.9. The van der Waals surface area contributed by atoms with E-state index in [1.165, 1.54) is 4.68 Å². The normalized spacial score (nSPS) is 15.1. The molecule has 1 aromatic heterocycles. The van der Waals surface area contributed by atoms with Crippen molar-refractivity contribution >= 4 is 17.7 Å². The summed E-state index contributed by atoms with van der Waals surface area (Å²) in [5.41, 5.74) is 0.0168. The zero-order valence-electron chi connectivity index (χ0n) is 15.8. The highest BCUT2D eigenvalue weighted by atomic mass is 19.1. The Balaban J connectivity index is 1.65. The highest BCUT2D eigenvalue weighted by Crippen LogP contribution is 2.37. The molecule has 8 heteroatoms. The molecule has 1 aliphatic carbocycles. The number of amides is 2. The van der Waals surface area contributed by atoms with E-state index in [1.54, 1.807) is 52.1 Å². The fourth-order valence-corrected chi connectivity index (χ4v) is 2.73. The highest BCUT2D eigenvalue weighted by molar-refractivity contribution is 6.02. The van der Waals surface area contributed by atoms with E-state index < -0.39 is 23.1 Å². The second kappa shape index (κ2) is 6.68. The van der Waals surface area contributed by atoms with Gasteiger partial charge in [0.1, 0.15) is 16.8 Å². The summed E-state index contributed by atoms with van der Waals surface area (Å²) in [5.74, 6) is -0.708. The van der Waals surface area contributed by atoms with Gasteiger partial charge in [0.25, 0.3) is 0 Å². The van der Waals surface area contributed by atoms with E-state index in [0.717, 1.165) is 6.20 Å². The van der Waals surface area contributed by atoms with E-state index in [4.69, 9.17) is 4.74 Å². The maximum absolute atomic E-state index is 13.8. The zero-order valence-corrected chi connectivity index (χ0v) is 15.8. The van der Waals surface area contributed by atoms with Crippen LogP contribution in [0.2, 0.25) is 0 Å². The first-order chi connectivity index (χ1) is 12.6. The maximum Gasteiger partial charge on any atom is 0.408 e. The SMILES string of the molecule is Cn1ncc(F)c1-c1ccc(NC(=O)C2(NC(=O)OC(C)(C)C)CC2)cc1. The lowest BCUT2D eigenvalue weighted by molar-refractivity contribution is -0.119. The smallest absolute Gasteiger partial charge is 0.408 e. The summed E-state index contributed by atoms with van der Waals surface area (Å²) in [6.45, 7) is 5.29. The quantitative estimate of drug-likeness (QED) is 0.860. The lowest BCUT2D eigenvalue weighted by atomic mass is 10.1. The Kier molecular flexibility index (Phi) is 4.67. The molecule has 1 aliphatic rings. The number of carbonyl (C=O) groups is 2. The number of alkyl carbamates (subject to hydrolysis) is 1. The van der Waals surface area contributed by atoms with Crippen molar-refractivity contribution in [3.05, 3.63) is 36.3 Å². The first-order valence-corrected chi connectivity index (χ1v) is 8.70. The molecule has 27 heavy (non-hydrogen) atoms. The molecule has 0 aliphatic heterocycles. The summed E-state index contributed by atoms with van der Waals surface area (Å²) in [4.78, 5) is 24.5. The Labute approximate surface area is 156 Å². The molecule has 1 saturated carbocycles. The molecule has 2 amide bonds. The topological polar surface area (TPSA) is 85.3 Å². The van der Waals surface area contributed by atoms with Gasteiger partial charge < -0.3 is 15.4 Å². The Hall–Kier alpha value is -2.90. The van der Waals surface area contributed by atoms with Crippen molar-refractivity contribution in [2.75, 3.05) is 5.32 Å². The Morgan fingerprint density at radius 2 is 1.85 bits per heavy atom. The zero-order chi connectivity index (χ0) is 19.8. The minimum absolute atomic E-state index is 0.298. The average molecular weight is 374 g/mol. The van der Waals surface area contributed by atoms with Gasteiger partial charge in [-0.05, 0) is 45.7 Å². The molecule has 0 spiro atoms. The van der Waals surface area contributed by atoms with Gasteiger partial charge in [-0.15, -0.1) is 0 Å². The second-order valence-electron chi connectivity index (χ2n) is 7.71. The fraction of sp³-hybridized carbons (Fsp3) is 0.421. The number of hydrogen-bond donors (Lipinski definition) is 2. The van der Waals surface area contributed by atoms with Crippen LogP contribution in [-0.2, 0) is 16.6 Å². The molecule has 0 radical (unpaired) electrons. The molecule has 1 fully saturated rings. The second-order valence-corrected chi connectivity index (χ2v) is 7.71. The number of anilines is 1. The summed E-state index contributed by atoms with van der Waals surface area (Å²) in [5, 5.41) is 9.32. The fourth-order valence-electron chi connectivity index (χ4n) is 2.73. The van der Waals surface area contributed by atoms with Crippen molar-refractivity contribution in [1.82, 2.24) is 15.1 Å². The van der Waals surface area contributed by atoms with Crippen LogP contribution in [0.3, 0.4) is 0 Å². The number of rotatable bonds is 4. The third-order valence-electron chi connectivity index (χ3n) is 4.24. The summed E-state index contributed by atoms with van der Waals surface area (Å²) in [6, 6.07) is 6.78. The van der Waals surface area contributed by atoms with Gasteiger partial charge in [-0.3, -0.25) is 9.48 Å². The van der Waals surface area contributed by atoms with Gasteiger partial charge in [0.15, 0.2) is 5.82 Å². The van der Waals surface area contributed by atoms with Crippen LogP contribution < -0.4 is 10.6 Å². The standard InChI is InChI=1S/C19H23FN4O3/c1-18(2,3)27-17(26)23-19(9-10-19)16(25)22-13-7-5-12(6-8-13)15-14(20)11-21-24(15)4/h5-8,11H,9-10H2,1-4H3,(H,22,25)(H,23,26). The molecule has 144 valence electrons. The van der Waals surface area contributed by atoms with Gasteiger partial charge in [0.05, 0.1) is 6.20 Å². The third kappa shape index (κ3) is 4.27. The third-order valence-corrected chi connectivity index (χ3v) is 4.24. The lowest BCUT2D eigenvalue weighted by Gasteiger charge is -2.23. The number of nitrogens with one attached hydrogen (secondary N) is 2. The van der Waals surface area contributed by atoms with Gasteiger partial charge in [0, 0.05) is 18.3 Å². The summed E-state index contributed by atoms with van der Waals surface area (Å²) >= 11 is 0. The van der Waals surface area contributed by atoms with Gasteiger partial charge in [-0.25, -0.2) is 9.18 Å². The largest absolute Gasteiger partial charge is 0.444 e. The molecule has 3 rings (SSSR count). The van der Waals surface area contributed by atoms with Crippen molar-refractivity contribution in [1.29, 1.82) is 0 Å². The van der Waals surface area contributed by atoms with Crippen LogP contribution >= 0.6 is 0 Å². The van der Waals surface area contributed by atoms with E-state index in [0.29, 0.717) is 29.8 Å². The maximum atomic E-state index is 13.8. The molecule has 0 unspecified atom stereocenters. The number of carbonyl (C=O) groups excluding carboxylic acids is 2. The summed E-state index contributed by atoms with van der Waals surface area (Å²) in [7, 11) is 1.66. The van der Waals surface area contributed by atoms with Gasteiger partial charge >= 0.3 is 6.09 Å². The number of nitrogens with zero attached hydrogens (tertiary/aromatic N) is 2. The molecule has 0 bridgehead atoms. The van der Waals surface area contributed by atoms with E-state index in [9.17, 15) is 14.0 Å². The molecule has 0 saturated heterocycles. The Bertz CT molecular complexity index is 845. The van der Waals surface area contributed by atoms with Crippen LogP contribution in [0.25, 0.3) is 11.3 Å². The number of halogens is 1. The van der Waals surface area contributed by atoms with Crippen LogP contribution in [0.1, 0.15) is 33.6 Å². The molecule has 7 nitrogen and oxygen atoms in total. The van der Waals surface area contributed by atoms with Crippen molar-refractivity contribution in [2.45, 2.75) is 44.8 Å². The van der Waals surface area contributed by atoms with Crippen LogP contribution in [0.15, 0.2) is 30.5 Å². The van der Waals surface area contributed by atoms with Crippen molar-refractivity contribution in [3.8, 4) is 11.3 Å². The van der Waals surface area contributed by atoms with E-state index >= 15 is 0 Å². The van der Waals surface area contributed by atoms with Crippen molar-refractivity contribution in [2.24, 2.45) is 7.05 Å². The van der Waals surface area contributed by atoms with Crippen LogP contribution in [0, 0.1) is 5.82 Å². The predicted octanol–water partition coefficient (Wildman–Crippen LogP) is 3.22. The number of benzene rings is 1. The minimum atomic E-state index is -0.935. The predicted molar refractivity (Wildman–Crippen MR) is 98.6 cm³/mol. The van der Waals surface area contributed by atoms with Crippen LogP contribution in [0.5, 0.6) is 0 Å². The first-order valence-electron chi connectivity index (χ1n) is 8.70. The molecule has 2 aromatic rings. The number of aromatic nitrogens is 2. The number of hydrogen-bond acceptors (Lipinski definition) is 4. The average Bonchev–Trinajstić information content (AvgIpc) is 3.26. The lowest BCUT2D eigenvalue weighted by Crippen LogP contribution is -2.47. The molecular weight excluding hydrogens is 351 g/mol. The van der Waals surface area contributed by atoms with E-state index in [2.05, 4.69) is 15.7 Å².